The first-order chi connectivity index (χ1) is 14.4. The lowest BCUT2D eigenvalue weighted by atomic mass is 10.2. The second-order valence-electron chi connectivity index (χ2n) is 7.56. The molecule has 30 heavy (non-hydrogen) atoms. The highest BCUT2D eigenvalue weighted by molar-refractivity contribution is 8.00. The van der Waals surface area contributed by atoms with Gasteiger partial charge in [-0.25, -0.2) is 4.98 Å². The average molecular weight is 445 g/mol. The Morgan fingerprint density at radius 2 is 2.07 bits per heavy atom. The second-order valence-corrected chi connectivity index (χ2v) is 9.13. The number of fused-ring (bicyclic) bond motifs is 1. The molecule has 0 aliphatic carbocycles. The standard InChI is InChI=1S/C21H25ClN6OS/c1-4-16(20(29)27-10-5-6-11-27)30-21-24-19-17(13(3)25-26-19)18(23)28(21)15-9-7-8-14(22)12(15)2/h7-9,16,23H,4-6,10-11H2,1-3H3,(H,25,26)/t16-/m0/s1. The lowest BCUT2D eigenvalue weighted by molar-refractivity contribution is -0.129. The molecule has 1 aliphatic rings. The van der Waals surface area contributed by atoms with Gasteiger partial charge in [-0.3, -0.25) is 19.9 Å². The number of carbonyl (C=O) groups is 1. The average Bonchev–Trinajstić information content (AvgIpc) is 3.39. The van der Waals surface area contributed by atoms with Crippen molar-refractivity contribution in [2.75, 3.05) is 13.1 Å². The molecule has 158 valence electrons. The van der Waals surface area contributed by atoms with Crippen molar-refractivity contribution in [2.24, 2.45) is 0 Å². The van der Waals surface area contributed by atoms with E-state index in [9.17, 15) is 4.79 Å². The number of carbonyl (C=O) groups excluding carboxylic acids is 1. The van der Waals surface area contributed by atoms with Crippen LogP contribution in [0.5, 0.6) is 0 Å². The van der Waals surface area contributed by atoms with Crippen molar-refractivity contribution in [3.63, 3.8) is 0 Å². The Morgan fingerprint density at radius 1 is 1.33 bits per heavy atom. The summed E-state index contributed by atoms with van der Waals surface area (Å²) in [6.45, 7) is 7.45. The maximum atomic E-state index is 13.1. The number of likely N-dealkylation sites (tertiary alicyclic amines) is 1. The van der Waals surface area contributed by atoms with Crippen molar-refractivity contribution in [3.05, 3.63) is 40.0 Å². The van der Waals surface area contributed by atoms with Crippen molar-refractivity contribution in [3.8, 4) is 5.69 Å². The van der Waals surface area contributed by atoms with Gasteiger partial charge in [-0.15, -0.1) is 0 Å². The molecule has 2 aromatic heterocycles. The first kappa shape index (κ1) is 20.9. The molecule has 9 heteroatoms. The van der Waals surface area contributed by atoms with Crippen LogP contribution in [0.1, 0.15) is 37.4 Å². The zero-order valence-electron chi connectivity index (χ0n) is 17.3. The quantitative estimate of drug-likeness (QED) is 0.459. The van der Waals surface area contributed by atoms with Crippen molar-refractivity contribution < 1.29 is 4.79 Å². The normalized spacial score (nSPS) is 15.1. The number of benzene rings is 1. The summed E-state index contributed by atoms with van der Waals surface area (Å²) in [7, 11) is 0. The molecule has 1 aliphatic heterocycles. The molecule has 1 fully saturated rings. The first-order valence-electron chi connectivity index (χ1n) is 10.2. The molecule has 3 aromatic rings. The molecule has 0 saturated carbocycles. The minimum Gasteiger partial charge on any atom is -0.342 e. The van der Waals surface area contributed by atoms with E-state index in [2.05, 4.69) is 10.2 Å². The zero-order chi connectivity index (χ0) is 21.4. The first-order valence-corrected chi connectivity index (χ1v) is 11.4. The minimum absolute atomic E-state index is 0.140. The molecule has 0 radical (unpaired) electrons. The van der Waals surface area contributed by atoms with Gasteiger partial charge in [-0.1, -0.05) is 36.4 Å². The fourth-order valence-corrected chi connectivity index (χ4v) is 5.12. The highest BCUT2D eigenvalue weighted by atomic mass is 35.5. The number of aryl methyl sites for hydroxylation is 1. The van der Waals surface area contributed by atoms with Crippen LogP contribution in [0, 0.1) is 19.3 Å². The van der Waals surface area contributed by atoms with Crippen LogP contribution in [0.3, 0.4) is 0 Å². The number of halogens is 1. The van der Waals surface area contributed by atoms with Gasteiger partial charge >= 0.3 is 0 Å². The number of aromatic amines is 1. The van der Waals surface area contributed by atoms with Gasteiger partial charge in [0.25, 0.3) is 0 Å². The van der Waals surface area contributed by atoms with Crippen LogP contribution in [0.25, 0.3) is 16.7 Å². The Balaban J connectivity index is 1.87. The summed E-state index contributed by atoms with van der Waals surface area (Å²) < 4.78 is 1.79. The highest BCUT2D eigenvalue weighted by Gasteiger charge is 2.28. The molecule has 1 atom stereocenters. The molecular weight excluding hydrogens is 420 g/mol. The van der Waals surface area contributed by atoms with Crippen molar-refractivity contribution >= 4 is 40.3 Å². The smallest absolute Gasteiger partial charge is 0.236 e. The van der Waals surface area contributed by atoms with Crippen LogP contribution < -0.4 is 5.49 Å². The monoisotopic (exact) mass is 444 g/mol. The number of hydrogen-bond acceptors (Lipinski definition) is 5. The van der Waals surface area contributed by atoms with Gasteiger partial charge in [0.1, 0.15) is 5.49 Å². The van der Waals surface area contributed by atoms with Crippen molar-refractivity contribution in [1.82, 2.24) is 24.6 Å². The van der Waals surface area contributed by atoms with Gasteiger partial charge in [0, 0.05) is 23.8 Å². The van der Waals surface area contributed by atoms with Crippen molar-refractivity contribution in [2.45, 2.75) is 50.4 Å². The maximum Gasteiger partial charge on any atom is 0.236 e. The fourth-order valence-electron chi connectivity index (χ4n) is 3.85. The SMILES string of the molecule is CC[C@H](Sc1nc2n[nH]c(C)c2c(=N)n1-c1cccc(Cl)c1C)C(=O)N1CCCC1. The fraction of sp³-hybridized carbons (Fsp3) is 0.429. The largest absolute Gasteiger partial charge is 0.342 e. The second kappa shape index (κ2) is 8.43. The molecule has 7 nitrogen and oxygen atoms in total. The zero-order valence-corrected chi connectivity index (χ0v) is 18.9. The minimum atomic E-state index is -0.266. The van der Waals surface area contributed by atoms with E-state index in [0.717, 1.165) is 42.9 Å². The molecule has 1 aromatic carbocycles. The Labute approximate surface area is 184 Å². The Kier molecular flexibility index (Phi) is 5.88. The third kappa shape index (κ3) is 3.63. The molecule has 0 spiro atoms. The number of H-pyrrole nitrogens is 1. The van der Waals surface area contributed by atoms with Crippen LogP contribution >= 0.6 is 23.4 Å². The highest BCUT2D eigenvalue weighted by Crippen LogP contribution is 2.31. The van der Waals surface area contributed by atoms with Crippen LogP contribution in [0.2, 0.25) is 5.02 Å². The summed E-state index contributed by atoms with van der Waals surface area (Å²) in [4.78, 5) is 19.8. The Hall–Kier alpha value is -2.32. The molecule has 2 N–H and O–H groups in total. The third-order valence-corrected chi connectivity index (χ3v) is 7.29. The summed E-state index contributed by atoms with van der Waals surface area (Å²) in [6.07, 6.45) is 2.80. The van der Waals surface area contributed by atoms with Crippen LogP contribution in [0.4, 0.5) is 0 Å². The summed E-state index contributed by atoms with van der Waals surface area (Å²) in [5, 5.41) is 17.7. The van der Waals surface area contributed by atoms with E-state index >= 15 is 0 Å². The summed E-state index contributed by atoms with van der Waals surface area (Å²) >= 11 is 7.79. The number of nitrogens with zero attached hydrogens (tertiary/aromatic N) is 4. The van der Waals surface area contributed by atoms with Crippen LogP contribution in [0.15, 0.2) is 23.4 Å². The van der Waals surface area contributed by atoms with E-state index in [0.29, 0.717) is 27.6 Å². The number of hydrogen-bond donors (Lipinski definition) is 2. The van der Waals surface area contributed by atoms with E-state index in [1.807, 2.05) is 43.9 Å². The van der Waals surface area contributed by atoms with Gasteiger partial charge in [-0.05, 0) is 50.8 Å². The number of aromatic nitrogens is 4. The number of rotatable bonds is 5. The lowest BCUT2D eigenvalue weighted by Crippen LogP contribution is -2.36. The van der Waals surface area contributed by atoms with Gasteiger partial charge < -0.3 is 4.90 Å². The lowest BCUT2D eigenvalue weighted by Gasteiger charge is -2.23. The Morgan fingerprint density at radius 3 is 2.77 bits per heavy atom. The summed E-state index contributed by atoms with van der Waals surface area (Å²) in [5.41, 5.74) is 3.20. The number of thioether (sulfide) groups is 1. The van der Waals surface area contributed by atoms with E-state index < -0.39 is 0 Å². The molecule has 3 heterocycles. The van der Waals surface area contributed by atoms with E-state index in [4.69, 9.17) is 22.0 Å². The van der Waals surface area contributed by atoms with Crippen LogP contribution in [-0.4, -0.2) is 48.9 Å². The maximum absolute atomic E-state index is 13.1. The molecule has 1 amide bonds. The number of nitrogens with one attached hydrogen (secondary N) is 2. The van der Waals surface area contributed by atoms with E-state index in [1.165, 1.54) is 11.8 Å². The summed E-state index contributed by atoms with van der Waals surface area (Å²) in [6, 6.07) is 5.62. The van der Waals surface area contributed by atoms with Gasteiger partial charge in [0.15, 0.2) is 10.8 Å². The van der Waals surface area contributed by atoms with Gasteiger partial charge in [0.05, 0.1) is 16.3 Å². The van der Waals surface area contributed by atoms with Gasteiger partial charge in [-0.2, -0.15) is 5.10 Å². The van der Waals surface area contributed by atoms with Gasteiger partial charge in [0.2, 0.25) is 5.91 Å². The molecule has 0 unspecified atom stereocenters. The molecular formula is C21H25ClN6OS. The molecule has 1 saturated heterocycles. The summed E-state index contributed by atoms with van der Waals surface area (Å²) in [5.74, 6) is 0.140. The van der Waals surface area contributed by atoms with E-state index in [1.54, 1.807) is 4.57 Å². The third-order valence-electron chi connectivity index (χ3n) is 5.57. The predicted molar refractivity (Wildman–Crippen MR) is 119 cm³/mol. The van der Waals surface area contributed by atoms with Crippen molar-refractivity contribution in [1.29, 1.82) is 5.41 Å². The molecule has 0 bridgehead atoms. The van der Waals surface area contributed by atoms with E-state index in [-0.39, 0.29) is 16.6 Å². The Bertz CT molecular complexity index is 1160. The molecule has 4 rings (SSSR count). The number of amides is 1. The topological polar surface area (TPSA) is 90.7 Å². The predicted octanol–water partition coefficient (Wildman–Crippen LogP) is 3.99. The van der Waals surface area contributed by atoms with Crippen LogP contribution in [-0.2, 0) is 4.79 Å².